The Morgan fingerprint density at radius 3 is 2.67 bits per heavy atom. The summed E-state index contributed by atoms with van der Waals surface area (Å²) in [4.78, 5) is 12.2. The number of likely N-dealkylation sites (N-methyl/N-ethyl adjacent to an activating group) is 1. The molecule has 0 fully saturated rings. The van der Waals surface area contributed by atoms with Crippen LogP contribution >= 0.6 is 0 Å². The SMILES string of the molecule is C=C(CN(C)CCOC)C(=O)O. The average molecular weight is 173 g/mol. The molecular formula is C8H15NO3. The first kappa shape index (κ1) is 11.1. The van der Waals surface area contributed by atoms with Crippen LogP contribution in [0.1, 0.15) is 0 Å². The normalized spacial score (nSPS) is 10.2. The van der Waals surface area contributed by atoms with Crippen molar-refractivity contribution in [2.75, 3.05) is 33.9 Å². The predicted molar refractivity (Wildman–Crippen MR) is 46.1 cm³/mol. The van der Waals surface area contributed by atoms with Gasteiger partial charge in [-0.3, -0.25) is 4.90 Å². The van der Waals surface area contributed by atoms with Crippen LogP contribution in [-0.2, 0) is 9.53 Å². The second kappa shape index (κ2) is 5.74. The number of hydrogen-bond donors (Lipinski definition) is 1. The predicted octanol–water partition coefficient (Wildman–Crippen LogP) is 0.205. The topological polar surface area (TPSA) is 49.8 Å². The Morgan fingerprint density at radius 1 is 1.67 bits per heavy atom. The minimum absolute atomic E-state index is 0.202. The van der Waals surface area contributed by atoms with Crippen molar-refractivity contribution in [1.82, 2.24) is 4.90 Å². The van der Waals surface area contributed by atoms with Gasteiger partial charge in [0, 0.05) is 25.8 Å². The quantitative estimate of drug-likeness (QED) is 0.583. The van der Waals surface area contributed by atoms with E-state index in [1.807, 2.05) is 11.9 Å². The molecule has 0 heterocycles. The van der Waals surface area contributed by atoms with E-state index in [0.29, 0.717) is 19.7 Å². The highest BCUT2D eigenvalue weighted by atomic mass is 16.5. The molecule has 0 amide bonds. The summed E-state index contributed by atoms with van der Waals surface area (Å²) in [7, 11) is 3.44. The van der Waals surface area contributed by atoms with Crippen LogP contribution in [0.3, 0.4) is 0 Å². The average Bonchev–Trinajstić information content (AvgIpc) is 2.00. The molecule has 0 saturated heterocycles. The highest BCUT2D eigenvalue weighted by Gasteiger charge is 2.06. The smallest absolute Gasteiger partial charge is 0.332 e. The molecular weight excluding hydrogens is 158 g/mol. The Balaban J connectivity index is 3.61. The monoisotopic (exact) mass is 173 g/mol. The molecule has 0 aromatic heterocycles. The zero-order chi connectivity index (χ0) is 9.56. The highest BCUT2D eigenvalue weighted by molar-refractivity contribution is 5.86. The van der Waals surface area contributed by atoms with E-state index < -0.39 is 5.97 Å². The number of hydrogen-bond acceptors (Lipinski definition) is 3. The lowest BCUT2D eigenvalue weighted by molar-refractivity contribution is -0.132. The lowest BCUT2D eigenvalue weighted by atomic mass is 10.3. The second-order valence-electron chi connectivity index (χ2n) is 2.64. The molecule has 4 heteroatoms. The molecule has 0 saturated carbocycles. The number of aliphatic carboxylic acids is 1. The first-order valence-corrected chi connectivity index (χ1v) is 3.66. The zero-order valence-electron chi connectivity index (χ0n) is 7.54. The Morgan fingerprint density at radius 2 is 2.25 bits per heavy atom. The summed E-state index contributed by atoms with van der Waals surface area (Å²) < 4.78 is 4.84. The summed E-state index contributed by atoms with van der Waals surface area (Å²) in [5.74, 6) is -0.945. The zero-order valence-corrected chi connectivity index (χ0v) is 7.54. The second-order valence-corrected chi connectivity index (χ2v) is 2.64. The van der Waals surface area contributed by atoms with E-state index >= 15 is 0 Å². The van der Waals surface area contributed by atoms with Gasteiger partial charge in [0.25, 0.3) is 0 Å². The third-order valence-corrected chi connectivity index (χ3v) is 1.44. The fourth-order valence-corrected chi connectivity index (χ4v) is 0.720. The summed E-state index contributed by atoms with van der Waals surface area (Å²) in [6, 6.07) is 0. The van der Waals surface area contributed by atoms with E-state index in [0.717, 1.165) is 0 Å². The molecule has 12 heavy (non-hydrogen) atoms. The molecule has 0 aromatic rings. The van der Waals surface area contributed by atoms with Crippen molar-refractivity contribution in [3.8, 4) is 0 Å². The van der Waals surface area contributed by atoms with Gasteiger partial charge in [-0.1, -0.05) is 6.58 Å². The van der Waals surface area contributed by atoms with Crippen molar-refractivity contribution in [1.29, 1.82) is 0 Å². The Bertz CT molecular complexity index is 168. The van der Waals surface area contributed by atoms with E-state index in [4.69, 9.17) is 9.84 Å². The highest BCUT2D eigenvalue weighted by Crippen LogP contribution is 1.93. The van der Waals surface area contributed by atoms with Gasteiger partial charge in [0.2, 0.25) is 0 Å². The van der Waals surface area contributed by atoms with Crippen LogP contribution < -0.4 is 0 Å². The van der Waals surface area contributed by atoms with Crippen LogP contribution in [0.2, 0.25) is 0 Å². The standard InChI is InChI=1S/C8H15NO3/c1-7(8(10)11)6-9(2)4-5-12-3/h1,4-6H2,2-3H3,(H,10,11). The van der Waals surface area contributed by atoms with Crippen molar-refractivity contribution < 1.29 is 14.6 Å². The molecule has 0 aliphatic rings. The molecule has 1 N–H and O–H groups in total. The number of carboxylic acids is 1. The molecule has 0 aliphatic heterocycles. The van der Waals surface area contributed by atoms with Crippen molar-refractivity contribution in [3.63, 3.8) is 0 Å². The van der Waals surface area contributed by atoms with Crippen molar-refractivity contribution in [2.45, 2.75) is 0 Å². The van der Waals surface area contributed by atoms with Crippen LogP contribution in [-0.4, -0.2) is 49.8 Å². The van der Waals surface area contributed by atoms with Crippen LogP contribution in [0.4, 0.5) is 0 Å². The van der Waals surface area contributed by atoms with E-state index in [1.54, 1.807) is 7.11 Å². The summed E-state index contributed by atoms with van der Waals surface area (Å²) in [5, 5.41) is 8.50. The largest absolute Gasteiger partial charge is 0.478 e. The fourth-order valence-electron chi connectivity index (χ4n) is 0.720. The van der Waals surface area contributed by atoms with Gasteiger partial charge in [-0.25, -0.2) is 4.79 Å². The van der Waals surface area contributed by atoms with Gasteiger partial charge in [0.1, 0.15) is 0 Å². The van der Waals surface area contributed by atoms with Gasteiger partial charge in [0.15, 0.2) is 0 Å². The minimum atomic E-state index is -0.945. The first-order chi connectivity index (χ1) is 5.57. The number of nitrogens with zero attached hydrogens (tertiary/aromatic N) is 1. The molecule has 0 radical (unpaired) electrons. The van der Waals surface area contributed by atoms with Gasteiger partial charge >= 0.3 is 5.97 Å². The van der Waals surface area contributed by atoms with Gasteiger partial charge in [-0.15, -0.1) is 0 Å². The molecule has 0 aliphatic carbocycles. The van der Waals surface area contributed by atoms with Crippen molar-refractivity contribution >= 4 is 5.97 Å². The van der Waals surface area contributed by atoms with Gasteiger partial charge in [-0.2, -0.15) is 0 Å². The third kappa shape index (κ3) is 4.87. The Labute approximate surface area is 72.4 Å². The van der Waals surface area contributed by atoms with Crippen LogP contribution in [0.5, 0.6) is 0 Å². The number of rotatable bonds is 6. The number of methoxy groups -OCH3 is 1. The maximum absolute atomic E-state index is 10.4. The van der Waals surface area contributed by atoms with Gasteiger partial charge in [-0.05, 0) is 7.05 Å². The molecule has 0 aromatic carbocycles. The Hall–Kier alpha value is -0.870. The molecule has 4 nitrogen and oxygen atoms in total. The summed E-state index contributed by atoms with van der Waals surface area (Å²) in [6.07, 6.45) is 0. The van der Waals surface area contributed by atoms with Crippen molar-refractivity contribution in [2.24, 2.45) is 0 Å². The molecule has 0 unspecified atom stereocenters. The summed E-state index contributed by atoms with van der Waals surface area (Å²) in [6.45, 7) is 5.11. The lowest BCUT2D eigenvalue weighted by Crippen LogP contribution is -2.26. The van der Waals surface area contributed by atoms with Gasteiger partial charge < -0.3 is 9.84 Å². The molecule has 0 bridgehead atoms. The molecule has 0 spiro atoms. The van der Waals surface area contributed by atoms with E-state index in [-0.39, 0.29) is 5.57 Å². The van der Waals surface area contributed by atoms with E-state index in [1.165, 1.54) is 0 Å². The van der Waals surface area contributed by atoms with Crippen LogP contribution in [0, 0.1) is 0 Å². The number of carboxylic acid groups (broad SMARTS) is 1. The van der Waals surface area contributed by atoms with E-state index in [9.17, 15) is 4.79 Å². The summed E-state index contributed by atoms with van der Waals surface area (Å²) >= 11 is 0. The molecule has 0 atom stereocenters. The molecule has 0 rings (SSSR count). The minimum Gasteiger partial charge on any atom is -0.478 e. The fraction of sp³-hybridized carbons (Fsp3) is 0.625. The van der Waals surface area contributed by atoms with Gasteiger partial charge in [0.05, 0.1) is 6.61 Å². The maximum Gasteiger partial charge on any atom is 0.332 e. The molecule has 70 valence electrons. The van der Waals surface area contributed by atoms with E-state index in [2.05, 4.69) is 6.58 Å². The lowest BCUT2D eigenvalue weighted by Gasteiger charge is -2.15. The number of ether oxygens (including phenoxy) is 1. The maximum atomic E-state index is 10.4. The number of carbonyl (C=O) groups is 1. The van der Waals surface area contributed by atoms with Crippen LogP contribution in [0.25, 0.3) is 0 Å². The van der Waals surface area contributed by atoms with Crippen LogP contribution in [0.15, 0.2) is 12.2 Å². The summed E-state index contributed by atoms with van der Waals surface area (Å²) in [5.41, 5.74) is 0.202. The van der Waals surface area contributed by atoms with Crippen molar-refractivity contribution in [3.05, 3.63) is 12.2 Å². The first-order valence-electron chi connectivity index (χ1n) is 3.66. The third-order valence-electron chi connectivity index (χ3n) is 1.44. The Kier molecular flexibility index (Phi) is 5.32.